The molecular weight excluding hydrogens is 355 g/mol. The second kappa shape index (κ2) is 6.25. The summed E-state index contributed by atoms with van der Waals surface area (Å²) in [7, 11) is 0. The lowest BCUT2D eigenvalue weighted by Crippen LogP contribution is -2.36. The van der Waals surface area contributed by atoms with E-state index in [9.17, 15) is 18.0 Å². The van der Waals surface area contributed by atoms with E-state index < -0.39 is 25.2 Å². The number of nitrogens with zero attached hydrogens (tertiary/aromatic N) is 2. The van der Waals surface area contributed by atoms with Crippen LogP contribution in [0.2, 0.25) is 0 Å². The first-order valence-electron chi connectivity index (χ1n) is 5.72. The number of carbonyl (C=O) groups is 1. The van der Waals surface area contributed by atoms with Crippen LogP contribution < -0.4 is 10.1 Å². The molecule has 0 atom stereocenters. The Labute approximate surface area is 125 Å². The summed E-state index contributed by atoms with van der Waals surface area (Å²) in [6.45, 7) is -1.96. The van der Waals surface area contributed by atoms with Crippen LogP contribution in [0.4, 0.5) is 13.2 Å². The summed E-state index contributed by atoms with van der Waals surface area (Å²) < 4.78 is 41.8. The molecule has 2 aromatic rings. The zero-order valence-electron chi connectivity index (χ0n) is 10.4. The van der Waals surface area contributed by atoms with Gasteiger partial charge in [0.05, 0.1) is 10.9 Å². The summed E-state index contributed by atoms with van der Waals surface area (Å²) in [6.07, 6.45) is -3.21. The summed E-state index contributed by atoms with van der Waals surface area (Å²) in [5.74, 6) is -0.752. The fourth-order valence-corrected chi connectivity index (χ4v) is 1.87. The largest absolute Gasteiger partial charge is 0.467 e. The molecule has 1 heterocycles. The van der Waals surface area contributed by atoms with Crippen LogP contribution in [0.5, 0.6) is 5.88 Å². The van der Waals surface area contributed by atoms with E-state index in [0.717, 1.165) is 4.47 Å². The Morgan fingerprint density at radius 1 is 1.33 bits per heavy atom. The van der Waals surface area contributed by atoms with Crippen molar-refractivity contribution in [1.82, 2.24) is 15.3 Å². The van der Waals surface area contributed by atoms with Crippen molar-refractivity contribution in [2.45, 2.75) is 6.18 Å². The van der Waals surface area contributed by atoms with Gasteiger partial charge in [0.1, 0.15) is 12.9 Å². The Hall–Kier alpha value is -1.90. The monoisotopic (exact) mass is 363 g/mol. The van der Waals surface area contributed by atoms with E-state index in [0.29, 0.717) is 10.9 Å². The number of amides is 1. The van der Waals surface area contributed by atoms with Crippen molar-refractivity contribution in [2.24, 2.45) is 0 Å². The molecule has 21 heavy (non-hydrogen) atoms. The average molecular weight is 364 g/mol. The van der Waals surface area contributed by atoms with E-state index in [1.54, 1.807) is 23.5 Å². The number of fused-ring (bicyclic) bond motifs is 1. The van der Waals surface area contributed by atoms with Gasteiger partial charge in [0.15, 0.2) is 6.61 Å². The Kier molecular flexibility index (Phi) is 4.61. The summed E-state index contributed by atoms with van der Waals surface area (Å²) >= 11 is 3.28. The lowest BCUT2D eigenvalue weighted by Gasteiger charge is -2.10. The molecule has 1 aromatic carbocycles. The van der Waals surface area contributed by atoms with Gasteiger partial charge in [0.2, 0.25) is 5.88 Å². The smallest absolute Gasteiger partial charge is 0.405 e. The molecule has 2 rings (SSSR count). The first kappa shape index (κ1) is 15.5. The number of carbonyl (C=O) groups excluding carboxylic acids is 1. The molecule has 0 bridgehead atoms. The number of halogens is 4. The molecule has 0 aliphatic heterocycles. The normalized spacial score (nSPS) is 11.4. The second-order valence-electron chi connectivity index (χ2n) is 4.02. The summed E-state index contributed by atoms with van der Waals surface area (Å²) in [6, 6.07) is 5.19. The van der Waals surface area contributed by atoms with Gasteiger partial charge in [0.25, 0.3) is 5.91 Å². The van der Waals surface area contributed by atoms with E-state index in [4.69, 9.17) is 4.74 Å². The molecule has 9 heteroatoms. The van der Waals surface area contributed by atoms with Crippen molar-refractivity contribution in [3.05, 3.63) is 29.0 Å². The minimum absolute atomic E-state index is 0.128. The average Bonchev–Trinajstić information content (AvgIpc) is 2.42. The molecule has 1 N–H and O–H groups in total. The summed E-state index contributed by atoms with van der Waals surface area (Å²) in [5.41, 5.74) is 0.596. The van der Waals surface area contributed by atoms with Gasteiger partial charge in [-0.3, -0.25) is 4.79 Å². The zero-order chi connectivity index (χ0) is 15.5. The molecule has 0 saturated carbocycles. The quantitative estimate of drug-likeness (QED) is 0.906. The molecular formula is C12H9BrF3N3O2. The summed E-state index contributed by atoms with van der Waals surface area (Å²) in [4.78, 5) is 19.2. The van der Waals surface area contributed by atoms with Crippen LogP contribution in [0.25, 0.3) is 10.9 Å². The van der Waals surface area contributed by atoms with Gasteiger partial charge < -0.3 is 10.1 Å². The first-order chi connectivity index (χ1) is 9.85. The van der Waals surface area contributed by atoms with E-state index in [2.05, 4.69) is 25.9 Å². The minimum Gasteiger partial charge on any atom is -0.467 e. The van der Waals surface area contributed by atoms with Gasteiger partial charge in [-0.15, -0.1) is 0 Å². The van der Waals surface area contributed by atoms with Crippen molar-refractivity contribution >= 4 is 32.7 Å². The van der Waals surface area contributed by atoms with E-state index >= 15 is 0 Å². The standard InChI is InChI=1S/C12H9BrF3N3O2/c13-7-1-2-9-8(3-7)11(19-6-18-9)21-4-10(20)17-5-12(14,15)16/h1-3,6H,4-5H2,(H,17,20). The van der Waals surface area contributed by atoms with Crippen molar-refractivity contribution in [3.63, 3.8) is 0 Å². The van der Waals surface area contributed by atoms with Gasteiger partial charge in [-0.25, -0.2) is 9.97 Å². The van der Waals surface area contributed by atoms with Crippen molar-refractivity contribution in [1.29, 1.82) is 0 Å². The van der Waals surface area contributed by atoms with Crippen LogP contribution in [0.15, 0.2) is 29.0 Å². The number of aromatic nitrogens is 2. The molecule has 0 unspecified atom stereocenters. The van der Waals surface area contributed by atoms with Crippen LogP contribution in [-0.2, 0) is 4.79 Å². The van der Waals surface area contributed by atoms with Crippen LogP contribution in [0, 0.1) is 0 Å². The third-order valence-corrected chi connectivity index (χ3v) is 2.88. The third-order valence-electron chi connectivity index (χ3n) is 2.39. The maximum absolute atomic E-state index is 12.0. The highest BCUT2D eigenvalue weighted by Crippen LogP contribution is 2.24. The Morgan fingerprint density at radius 3 is 2.81 bits per heavy atom. The lowest BCUT2D eigenvalue weighted by atomic mass is 10.2. The van der Waals surface area contributed by atoms with Gasteiger partial charge >= 0.3 is 6.18 Å². The highest BCUT2D eigenvalue weighted by Gasteiger charge is 2.27. The number of hydrogen-bond acceptors (Lipinski definition) is 4. The van der Waals surface area contributed by atoms with Crippen molar-refractivity contribution in [2.75, 3.05) is 13.2 Å². The number of rotatable bonds is 4. The molecule has 0 saturated heterocycles. The Morgan fingerprint density at radius 2 is 2.10 bits per heavy atom. The molecule has 0 fully saturated rings. The Bertz CT molecular complexity index is 664. The van der Waals surface area contributed by atoms with Crippen LogP contribution in [0.3, 0.4) is 0 Å². The molecule has 1 aromatic heterocycles. The number of hydrogen-bond donors (Lipinski definition) is 1. The number of nitrogens with one attached hydrogen (secondary N) is 1. The fraction of sp³-hybridized carbons (Fsp3) is 0.250. The van der Waals surface area contributed by atoms with Gasteiger partial charge in [-0.05, 0) is 18.2 Å². The number of ether oxygens (including phenoxy) is 1. The lowest BCUT2D eigenvalue weighted by molar-refractivity contribution is -0.139. The van der Waals surface area contributed by atoms with Gasteiger partial charge in [-0.1, -0.05) is 15.9 Å². The fourth-order valence-electron chi connectivity index (χ4n) is 1.50. The highest BCUT2D eigenvalue weighted by molar-refractivity contribution is 9.10. The predicted octanol–water partition coefficient (Wildman–Crippen LogP) is 2.45. The van der Waals surface area contributed by atoms with Crippen molar-refractivity contribution in [3.8, 4) is 5.88 Å². The Balaban J connectivity index is 2.03. The highest BCUT2D eigenvalue weighted by atomic mass is 79.9. The molecule has 0 radical (unpaired) electrons. The van der Waals surface area contributed by atoms with Crippen LogP contribution in [0.1, 0.15) is 0 Å². The maximum atomic E-state index is 12.0. The van der Waals surface area contributed by atoms with E-state index in [-0.39, 0.29) is 5.88 Å². The van der Waals surface area contributed by atoms with E-state index in [1.807, 2.05) is 0 Å². The molecule has 0 aliphatic carbocycles. The van der Waals surface area contributed by atoms with Crippen molar-refractivity contribution < 1.29 is 22.7 Å². The van der Waals surface area contributed by atoms with Gasteiger partial charge in [0, 0.05) is 4.47 Å². The molecule has 5 nitrogen and oxygen atoms in total. The van der Waals surface area contributed by atoms with E-state index in [1.165, 1.54) is 6.33 Å². The SMILES string of the molecule is O=C(COc1ncnc2ccc(Br)cc12)NCC(F)(F)F. The van der Waals surface area contributed by atoms with Crippen LogP contribution in [-0.4, -0.2) is 35.2 Å². The molecule has 0 aliphatic rings. The topological polar surface area (TPSA) is 64.1 Å². The maximum Gasteiger partial charge on any atom is 0.405 e. The predicted molar refractivity (Wildman–Crippen MR) is 71.8 cm³/mol. The first-order valence-corrected chi connectivity index (χ1v) is 6.51. The third kappa shape index (κ3) is 4.55. The summed E-state index contributed by atoms with van der Waals surface area (Å²) in [5, 5.41) is 2.26. The molecule has 1 amide bonds. The zero-order valence-corrected chi connectivity index (χ0v) is 12.0. The van der Waals surface area contributed by atoms with Gasteiger partial charge in [-0.2, -0.15) is 13.2 Å². The molecule has 112 valence electrons. The number of alkyl halides is 3. The number of benzene rings is 1. The molecule has 0 spiro atoms. The second-order valence-corrected chi connectivity index (χ2v) is 4.94. The van der Waals surface area contributed by atoms with Crippen LogP contribution >= 0.6 is 15.9 Å². The minimum atomic E-state index is -4.46.